The predicted octanol–water partition coefficient (Wildman–Crippen LogP) is 4.39. The van der Waals surface area contributed by atoms with Crippen molar-refractivity contribution in [3.8, 4) is 22.7 Å². The zero-order valence-electron chi connectivity index (χ0n) is 14.6. The van der Waals surface area contributed by atoms with E-state index in [1.165, 1.54) is 0 Å². The summed E-state index contributed by atoms with van der Waals surface area (Å²) in [7, 11) is 4.06. The molecule has 0 aliphatic heterocycles. The Morgan fingerprint density at radius 3 is 2.52 bits per heavy atom. The number of nitrogens with zero attached hydrogens (tertiary/aromatic N) is 4. The molecule has 0 aliphatic rings. The average Bonchev–Trinajstić information content (AvgIpc) is 3.11. The molecule has 3 rings (SSSR count). The van der Waals surface area contributed by atoms with Crippen LogP contribution in [-0.4, -0.2) is 35.7 Å². The van der Waals surface area contributed by atoms with Crippen molar-refractivity contribution < 1.29 is 4.74 Å². The molecule has 25 heavy (non-hydrogen) atoms. The SMILES string of the molecule is CCCOc1ccc(-n2cc(-c3ccc(N(C)C)cc3)nn2)cc1I. The molecule has 0 spiro atoms. The summed E-state index contributed by atoms with van der Waals surface area (Å²) in [6.45, 7) is 2.83. The maximum absolute atomic E-state index is 5.73. The predicted molar refractivity (Wildman–Crippen MR) is 110 cm³/mol. The van der Waals surface area contributed by atoms with Crippen molar-refractivity contribution in [3.63, 3.8) is 0 Å². The Bertz CT molecular complexity index is 843. The van der Waals surface area contributed by atoms with Gasteiger partial charge in [-0.15, -0.1) is 5.10 Å². The molecule has 0 aliphatic carbocycles. The molecule has 0 saturated carbocycles. The van der Waals surface area contributed by atoms with E-state index in [9.17, 15) is 0 Å². The fourth-order valence-electron chi connectivity index (χ4n) is 2.41. The molecule has 3 aromatic rings. The summed E-state index contributed by atoms with van der Waals surface area (Å²) in [5.74, 6) is 0.908. The van der Waals surface area contributed by atoms with Crippen LogP contribution in [0.5, 0.6) is 5.75 Å². The maximum Gasteiger partial charge on any atom is 0.132 e. The Balaban J connectivity index is 1.82. The summed E-state index contributed by atoms with van der Waals surface area (Å²) in [5.41, 5.74) is 4.03. The summed E-state index contributed by atoms with van der Waals surface area (Å²) in [5, 5.41) is 8.57. The van der Waals surface area contributed by atoms with Crippen molar-refractivity contribution in [2.24, 2.45) is 0 Å². The molecular weight excluding hydrogens is 427 g/mol. The van der Waals surface area contributed by atoms with Gasteiger partial charge >= 0.3 is 0 Å². The molecule has 0 radical (unpaired) electrons. The van der Waals surface area contributed by atoms with Crippen LogP contribution in [0.4, 0.5) is 5.69 Å². The van der Waals surface area contributed by atoms with Gasteiger partial charge in [0.2, 0.25) is 0 Å². The van der Waals surface area contributed by atoms with E-state index in [2.05, 4.69) is 75.1 Å². The highest BCUT2D eigenvalue weighted by molar-refractivity contribution is 14.1. The van der Waals surface area contributed by atoms with Gasteiger partial charge in [0.05, 0.1) is 22.1 Å². The zero-order valence-corrected chi connectivity index (χ0v) is 16.8. The minimum absolute atomic E-state index is 0.728. The van der Waals surface area contributed by atoms with Crippen LogP contribution in [0.2, 0.25) is 0 Å². The topological polar surface area (TPSA) is 43.2 Å². The van der Waals surface area contributed by atoms with E-state index in [0.717, 1.165) is 45.0 Å². The third-order valence-corrected chi connectivity index (χ3v) is 4.66. The zero-order chi connectivity index (χ0) is 17.8. The van der Waals surface area contributed by atoms with Crippen molar-refractivity contribution in [3.05, 3.63) is 52.2 Å². The van der Waals surface area contributed by atoms with Crippen LogP contribution in [0.1, 0.15) is 13.3 Å². The van der Waals surface area contributed by atoms with Crippen LogP contribution in [0.25, 0.3) is 16.9 Å². The number of hydrogen-bond acceptors (Lipinski definition) is 4. The van der Waals surface area contributed by atoms with Crippen LogP contribution >= 0.6 is 22.6 Å². The quantitative estimate of drug-likeness (QED) is 0.525. The first-order valence-electron chi connectivity index (χ1n) is 8.21. The molecule has 0 bridgehead atoms. The van der Waals surface area contributed by atoms with Crippen LogP contribution < -0.4 is 9.64 Å². The minimum Gasteiger partial charge on any atom is -0.492 e. The smallest absolute Gasteiger partial charge is 0.132 e. The molecule has 0 saturated heterocycles. The normalized spacial score (nSPS) is 10.7. The third-order valence-electron chi connectivity index (χ3n) is 3.81. The maximum atomic E-state index is 5.73. The van der Waals surface area contributed by atoms with E-state index < -0.39 is 0 Å². The molecule has 0 N–H and O–H groups in total. The number of rotatable bonds is 6. The second-order valence-electron chi connectivity index (χ2n) is 5.95. The van der Waals surface area contributed by atoms with E-state index >= 15 is 0 Å². The Morgan fingerprint density at radius 2 is 1.88 bits per heavy atom. The third kappa shape index (κ3) is 4.12. The lowest BCUT2D eigenvalue weighted by molar-refractivity contribution is 0.315. The number of ether oxygens (including phenoxy) is 1. The summed E-state index contributed by atoms with van der Waals surface area (Å²) < 4.78 is 8.58. The van der Waals surface area contributed by atoms with Gasteiger partial charge < -0.3 is 9.64 Å². The number of aromatic nitrogens is 3. The summed E-state index contributed by atoms with van der Waals surface area (Å²) in [4.78, 5) is 2.07. The lowest BCUT2D eigenvalue weighted by atomic mass is 10.1. The van der Waals surface area contributed by atoms with Gasteiger partial charge in [-0.1, -0.05) is 24.3 Å². The number of halogens is 1. The van der Waals surface area contributed by atoms with Crippen molar-refractivity contribution in [2.75, 3.05) is 25.6 Å². The molecule has 0 amide bonds. The fraction of sp³-hybridized carbons (Fsp3) is 0.263. The van der Waals surface area contributed by atoms with E-state index in [1.807, 2.05) is 32.4 Å². The van der Waals surface area contributed by atoms with Gasteiger partial charge in [-0.3, -0.25) is 0 Å². The number of benzene rings is 2. The standard InChI is InChI=1S/C19H21IN4O/c1-4-11-25-19-10-9-16(12-17(19)20)24-13-18(21-22-24)14-5-7-15(8-6-14)23(2)3/h5-10,12-13H,4,11H2,1-3H3. The van der Waals surface area contributed by atoms with Crippen LogP contribution in [-0.2, 0) is 0 Å². The summed E-state index contributed by atoms with van der Waals surface area (Å²) in [6.07, 6.45) is 2.94. The van der Waals surface area contributed by atoms with Gasteiger partial charge in [0, 0.05) is 25.3 Å². The first-order valence-corrected chi connectivity index (χ1v) is 9.29. The van der Waals surface area contributed by atoms with Gasteiger partial charge in [0.25, 0.3) is 0 Å². The van der Waals surface area contributed by atoms with Gasteiger partial charge in [-0.2, -0.15) is 0 Å². The van der Waals surface area contributed by atoms with E-state index in [-0.39, 0.29) is 0 Å². The Kier molecular flexibility index (Phi) is 5.57. The molecule has 0 fully saturated rings. The summed E-state index contributed by atoms with van der Waals surface area (Å²) >= 11 is 2.29. The van der Waals surface area contributed by atoms with Crippen molar-refractivity contribution in [1.29, 1.82) is 0 Å². The van der Waals surface area contributed by atoms with Crippen LogP contribution in [0.3, 0.4) is 0 Å². The highest BCUT2D eigenvalue weighted by Gasteiger charge is 2.08. The molecule has 2 aromatic carbocycles. The Labute approximate surface area is 161 Å². The number of anilines is 1. The molecule has 130 valence electrons. The molecular formula is C19H21IN4O. The minimum atomic E-state index is 0.728. The molecule has 6 heteroatoms. The van der Waals surface area contributed by atoms with Gasteiger partial charge in [-0.05, 0) is 59.3 Å². The lowest BCUT2D eigenvalue weighted by Gasteiger charge is -2.11. The lowest BCUT2D eigenvalue weighted by Crippen LogP contribution is -2.07. The van der Waals surface area contributed by atoms with Crippen molar-refractivity contribution >= 4 is 28.3 Å². The van der Waals surface area contributed by atoms with Gasteiger partial charge in [0.1, 0.15) is 11.4 Å². The highest BCUT2D eigenvalue weighted by Crippen LogP contribution is 2.25. The molecule has 1 aromatic heterocycles. The molecule has 0 atom stereocenters. The van der Waals surface area contributed by atoms with E-state index in [1.54, 1.807) is 4.68 Å². The largest absolute Gasteiger partial charge is 0.492 e. The van der Waals surface area contributed by atoms with Crippen molar-refractivity contribution in [1.82, 2.24) is 15.0 Å². The fourth-order valence-corrected chi connectivity index (χ4v) is 3.07. The first kappa shape index (κ1) is 17.7. The Morgan fingerprint density at radius 1 is 1.12 bits per heavy atom. The van der Waals surface area contributed by atoms with E-state index in [0.29, 0.717) is 0 Å². The first-order chi connectivity index (χ1) is 12.1. The Hall–Kier alpha value is -2.09. The van der Waals surface area contributed by atoms with E-state index in [4.69, 9.17) is 4.74 Å². The molecule has 0 unspecified atom stereocenters. The molecule has 1 heterocycles. The second-order valence-corrected chi connectivity index (χ2v) is 7.12. The van der Waals surface area contributed by atoms with Gasteiger partial charge in [0.15, 0.2) is 0 Å². The van der Waals surface area contributed by atoms with Crippen LogP contribution in [0.15, 0.2) is 48.7 Å². The second kappa shape index (κ2) is 7.86. The highest BCUT2D eigenvalue weighted by atomic mass is 127. The van der Waals surface area contributed by atoms with Crippen LogP contribution in [0, 0.1) is 3.57 Å². The summed E-state index contributed by atoms with van der Waals surface area (Å²) in [6, 6.07) is 14.3. The van der Waals surface area contributed by atoms with Gasteiger partial charge in [-0.25, -0.2) is 4.68 Å². The number of hydrogen-bond donors (Lipinski definition) is 0. The monoisotopic (exact) mass is 448 g/mol. The average molecular weight is 448 g/mol. The van der Waals surface area contributed by atoms with Crippen molar-refractivity contribution in [2.45, 2.75) is 13.3 Å². The molecule has 5 nitrogen and oxygen atoms in total.